The van der Waals surface area contributed by atoms with Gasteiger partial charge >= 0.3 is 0 Å². The lowest BCUT2D eigenvalue weighted by Crippen LogP contribution is -2.54. The lowest BCUT2D eigenvalue weighted by Gasteiger charge is -2.39. The molecule has 10 nitrogen and oxygen atoms in total. The number of ether oxygens (including phenoxy) is 2. The molecule has 2 aromatic heterocycles. The zero-order valence-corrected chi connectivity index (χ0v) is 22.5. The van der Waals surface area contributed by atoms with Gasteiger partial charge in [-0.05, 0) is 62.2 Å². The average molecular weight is 540 g/mol. The molecule has 0 saturated carbocycles. The van der Waals surface area contributed by atoms with Crippen molar-refractivity contribution in [3.63, 3.8) is 0 Å². The molecule has 0 spiro atoms. The van der Waals surface area contributed by atoms with E-state index in [1.54, 1.807) is 12.2 Å². The number of carbonyl (C=O) groups is 1. The molecule has 40 heavy (non-hydrogen) atoms. The molecule has 1 amide bonds. The van der Waals surface area contributed by atoms with Gasteiger partial charge in [0.25, 0.3) is 0 Å². The first-order chi connectivity index (χ1) is 19.6. The monoisotopic (exact) mass is 539 g/mol. The fourth-order valence-corrected chi connectivity index (χ4v) is 5.58. The van der Waals surface area contributed by atoms with Crippen molar-refractivity contribution in [2.24, 2.45) is 0 Å². The van der Waals surface area contributed by atoms with Crippen LogP contribution in [0.5, 0.6) is 11.5 Å². The summed E-state index contributed by atoms with van der Waals surface area (Å²) < 4.78 is 14.0. The molecule has 4 heterocycles. The van der Waals surface area contributed by atoms with Gasteiger partial charge in [-0.1, -0.05) is 24.3 Å². The van der Waals surface area contributed by atoms with Gasteiger partial charge in [-0.3, -0.25) is 9.69 Å². The highest BCUT2D eigenvalue weighted by atomic mass is 16.5. The van der Waals surface area contributed by atoms with Crippen LogP contribution < -0.4 is 10.5 Å². The second-order valence-electron chi connectivity index (χ2n) is 10.1. The van der Waals surface area contributed by atoms with Gasteiger partial charge in [-0.2, -0.15) is 5.10 Å². The number of amides is 1. The van der Waals surface area contributed by atoms with Crippen LogP contribution in [-0.2, 0) is 16.1 Å². The molecule has 4 aromatic rings. The van der Waals surface area contributed by atoms with E-state index in [9.17, 15) is 4.79 Å². The number of benzene rings is 2. The molecular weight excluding hydrogens is 506 g/mol. The maximum Gasteiger partial charge on any atom is 0.246 e. The predicted molar refractivity (Wildman–Crippen MR) is 153 cm³/mol. The van der Waals surface area contributed by atoms with E-state index in [0.717, 1.165) is 47.5 Å². The van der Waals surface area contributed by atoms with Crippen molar-refractivity contribution in [2.45, 2.75) is 38.6 Å². The molecule has 2 unspecified atom stereocenters. The van der Waals surface area contributed by atoms with Gasteiger partial charge in [0, 0.05) is 24.7 Å². The smallest absolute Gasteiger partial charge is 0.246 e. The van der Waals surface area contributed by atoms with Crippen LogP contribution in [0.2, 0.25) is 0 Å². The number of para-hydroxylation sites is 1. The predicted octanol–water partition coefficient (Wildman–Crippen LogP) is 4.09. The third kappa shape index (κ3) is 5.28. The lowest BCUT2D eigenvalue weighted by atomic mass is 10.1. The molecule has 10 heteroatoms. The van der Waals surface area contributed by atoms with Gasteiger partial charge in [0.05, 0.1) is 25.1 Å². The van der Waals surface area contributed by atoms with Crippen LogP contribution in [0.4, 0.5) is 5.82 Å². The Balaban J connectivity index is 1.25. The third-order valence-electron chi connectivity index (χ3n) is 7.51. The van der Waals surface area contributed by atoms with E-state index in [1.807, 2.05) is 71.1 Å². The summed E-state index contributed by atoms with van der Waals surface area (Å²) in [7, 11) is 0. The lowest BCUT2D eigenvalue weighted by molar-refractivity contribution is -0.147. The normalized spacial score (nSPS) is 20.0. The van der Waals surface area contributed by atoms with E-state index >= 15 is 0 Å². The second-order valence-corrected chi connectivity index (χ2v) is 10.1. The molecule has 2 aliphatic rings. The highest BCUT2D eigenvalue weighted by Gasteiger charge is 2.36. The topological polar surface area (TPSA) is 112 Å². The van der Waals surface area contributed by atoms with Crippen molar-refractivity contribution in [3.8, 4) is 22.8 Å². The number of rotatable bonds is 7. The highest BCUT2D eigenvalue weighted by molar-refractivity contribution is 5.98. The number of nitrogen functional groups attached to an aromatic ring is 1. The molecule has 2 aliphatic heterocycles. The number of morpholine rings is 1. The van der Waals surface area contributed by atoms with Crippen LogP contribution in [0.1, 0.15) is 19.8 Å². The van der Waals surface area contributed by atoms with E-state index in [2.05, 4.69) is 14.9 Å². The Hall–Kier alpha value is -4.28. The first-order valence-corrected chi connectivity index (χ1v) is 13.7. The summed E-state index contributed by atoms with van der Waals surface area (Å²) in [5.41, 5.74) is 8.70. The van der Waals surface area contributed by atoms with E-state index in [0.29, 0.717) is 37.7 Å². The minimum absolute atomic E-state index is 0.0293. The fraction of sp³-hybridized carbons (Fsp3) is 0.333. The number of anilines is 1. The van der Waals surface area contributed by atoms with Crippen LogP contribution in [0.3, 0.4) is 0 Å². The van der Waals surface area contributed by atoms with Crippen LogP contribution in [0.25, 0.3) is 22.3 Å². The Morgan fingerprint density at radius 2 is 1.90 bits per heavy atom. The molecule has 2 aromatic carbocycles. The maximum absolute atomic E-state index is 12.5. The van der Waals surface area contributed by atoms with E-state index in [1.165, 1.54) is 6.33 Å². The summed E-state index contributed by atoms with van der Waals surface area (Å²) in [6, 6.07) is 17.7. The summed E-state index contributed by atoms with van der Waals surface area (Å²) in [5.74, 6) is 1.94. The molecule has 2 saturated heterocycles. The van der Waals surface area contributed by atoms with Crippen LogP contribution in [-0.4, -0.2) is 74.0 Å². The number of carbonyl (C=O) groups excluding carboxylic acids is 1. The average Bonchev–Trinajstić information content (AvgIpc) is 3.60. The highest BCUT2D eigenvalue weighted by Crippen LogP contribution is 2.33. The summed E-state index contributed by atoms with van der Waals surface area (Å²) in [5, 5.41) is 5.73. The standard InChI is InChI=1S/C30H33N7O3/c1-2-7-25(38)35-16-17-39-26(19-35)36-15-6-8-22(36)18-37-30-27(29(31)32-20-33-30)28(34-37)21-11-13-24(14-12-21)40-23-9-4-3-5-10-23/h2-5,7,9-14,20,22,26H,6,8,15-19H2,1H3,(H2,31,32,33)/b7-2+. The number of aromatic nitrogens is 4. The van der Waals surface area contributed by atoms with Gasteiger partial charge < -0.3 is 20.1 Å². The van der Waals surface area contributed by atoms with Gasteiger partial charge in [0.2, 0.25) is 5.91 Å². The molecular formula is C30H33N7O3. The van der Waals surface area contributed by atoms with Crippen LogP contribution in [0.15, 0.2) is 73.1 Å². The molecule has 2 N–H and O–H groups in total. The van der Waals surface area contributed by atoms with Gasteiger partial charge in [-0.15, -0.1) is 0 Å². The number of hydrogen-bond donors (Lipinski definition) is 1. The summed E-state index contributed by atoms with van der Waals surface area (Å²) in [6.07, 6.45) is 6.80. The van der Waals surface area contributed by atoms with Crippen molar-refractivity contribution in [1.29, 1.82) is 0 Å². The number of fused-ring (bicyclic) bond motifs is 1. The molecule has 2 atom stereocenters. The zero-order chi connectivity index (χ0) is 27.5. The largest absolute Gasteiger partial charge is 0.457 e. The van der Waals surface area contributed by atoms with Crippen LogP contribution in [0, 0.1) is 0 Å². The number of likely N-dealkylation sites (tertiary alicyclic amines) is 1. The second kappa shape index (κ2) is 11.4. The number of nitrogens with two attached hydrogens (primary N) is 1. The molecule has 6 rings (SSSR count). The number of nitrogens with zero attached hydrogens (tertiary/aromatic N) is 6. The quantitative estimate of drug-likeness (QED) is 0.350. The van der Waals surface area contributed by atoms with Crippen molar-refractivity contribution in [1.82, 2.24) is 29.5 Å². The molecule has 0 radical (unpaired) electrons. The van der Waals surface area contributed by atoms with Gasteiger partial charge in [0.15, 0.2) is 5.65 Å². The Morgan fingerprint density at radius 3 is 2.70 bits per heavy atom. The van der Waals surface area contributed by atoms with E-state index in [-0.39, 0.29) is 18.2 Å². The summed E-state index contributed by atoms with van der Waals surface area (Å²) >= 11 is 0. The Morgan fingerprint density at radius 1 is 1.10 bits per heavy atom. The van der Waals surface area contributed by atoms with Crippen molar-refractivity contribution in [2.75, 3.05) is 32.0 Å². The summed E-state index contributed by atoms with van der Waals surface area (Å²) in [6.45, 7) is 5.09. The third-order valence-corrected chi connectivity index (χ3v) is 7.51. The van der Waals surface area contributed by atoms with Gasteiger partial charge in [0.1, 0.15) is 35.6 Å². The van der Waals surface area contributed by atoms with E-state index in [4.69, 9.17) is 20.3 Å². The Kier molecular flexibility index (Phi) is 7.43. The molecule has 0 aliphatic carbocycles. The number of hydrogen-bond acceptors (Lipinski definition) is 8. The first-order valence-electron chi connectivity index (χ1n) is 13.7. The molecule has 0 bridgehead atoms. The maximum atomic E-state index is 12.5. The molecule has 206 valence electrons. The SMILES string of the molecule is C/C=C/C(=O)N1CCOC(N2CCCC2Cn2nc(-c3ccc(Oc4ccccc4)cc3)c3c(N)ncnc32)C1. The van der Waals surface area contributed by atoms with Crippen LogP contribution >= 0.6 is 0 Å². The van der Waals surface area contributed by atoms with Crippen molar-refractivity contribution >= 4 is 22.8 Å². The van der Waals surface area contributed by atoms with E-state index < -0.39 is 0 Å². The summed E-state index contributed by atoms with van der Waals surface area (Å²) in [4.78, 5) is 25.5. The van der Waals surface area contributed by atoms with Crippen molar-refractivity contribution in [3.05, 3.63) is 73.1 Å². The number of allylic oxidation sites excluding steroid dienone is 1. The fourth-order valence-electron chi connectivity index (χ4n) is 5.58. The van der Waals surface area contributed by atoms with Crippen molar-refractivity contribution < 1.29 is 14.3 Å². The Bertz CT molecular complexity index is 1500. The Labute approximate surface area is 233 Å². The minimum atomic E-state index is -0.145. The first kappa shape index (κ1) is 26.0. The molecule has 2 fully saturated rings. The van der Waals surface area contributed by atoms with Gasteiger partial charge in [-0.25, -0.2) is 14.6 Å². The minimum Gasteiger partial charge on any atom is -0.457 e. The zero-order valence-electron chi connectivity index (χ0n) is 22.5.